The van der Waals surface area contributed by atoms with Crippen molar-refractivity contribution < 1.29 is 9.18 Å². The lowest BCUT2D eigenvalue weighted by Gasteiger charge is -2.09. The van der Waals surface area contributed by atoms with Gasteiger partial charge in [-0.3, -0.25) is 4.79 Å². The molecule has 1 aromatic heterocycles. The van der Waals surface area contributed by atoms with E-state index in [2.05, 4.69) is 32.9 Å². The Morgan fingerprint density at radius 2 is 2.09 bits per heavy atom. The summed E-state index contributed by atoms with van der Waals surface area (Å²) in [5, 5.41) is 2.69. The van der Waals surface area contributed by atoms with E-state index in [0.29, 0.717) is 16.9 Å². The highest BCUT2D eigenvalue weighted by atomic mass is 127. The number of nitrogens with zero attached hydrogens (tertiary/aromatic N) is 2. The van der Waals surface area contributed by atoms with E-state index in [1.807, 2.05) is 6.07 Å². The Bertz CT molecular complexity index is 818. The Balaban J connectivity index is 1.81. The predicted octanol–water partition coefficient (Wildman–Crippen LogP) is 3.87. The first-order valence-corrected chi connectivity index (χ1v) is 7.56. The first-order valence-electron chi connectivity index (χ1n) is 6.48. The molecule has 1 amide bonds. The van der Waals surface area contributed by atoms with Crippen LogP contribution in [0.3, 0.4) is 0 Å². The summed E-state index contributed by atoms with van der Waals surface area (Å²) in [4.78, 5) is 16.0. The average molecular weight is 407 g/mol. The SMILES string of the molecule is O=C(Nc1ccc(-n2ccnc2)c(F)c1)c1cccc(I)c1. The number of carbonyl (C=O) groups excluding carboxylic acids is 1. The minimum atomic E-state index is -0.432. The van der Waals surface area contributed by atoms with Crippen molar-refractivity contribution in [2.75, 3.05) is 5.32 Å². The Morgan fingerprint density at radius 3 is 2.77 bits per heavy atom. The Hall–Kier alpha value is -2.22. The van der Waals surface area contributed by atoms with Crippen molar-refractivity contribution in [3.8, 4) is 5.69 Å². The third kappa shape index (κ3) is 3.16. The van der Waals surface area contributed by atoms with Gasteiger partial charge in [0.15, 0.2) is 0 Å². The topological polar surface area (TPSA) is 46.9 Å². The summed E-state index contributed by atoms with van der Waals surface area (Å²) in [5.41, 5.74) is 1.32. The Morgan fingerprint density at radius 1 is 1.23 bits per heavy atom. The van der Waals surface area contributed by atoms with Crippen LogP contribution >= 0.6 is 22.6 Å². The van der Waals surface area contributed by atoms with E-state index in [9.17, 15) is 9.18 Å². The van der Waals surface area contributed by atoms with Crippen LogP contribution in [0, 0.1) is 9.39 Å². The summed E-state index contributed by atoms with van der Waals surface area (Å²) < 4.78 is 16.7. The molecule has 22 heavy (non-hydrogen) atoms. The Labute approximate surface area is 140 Å². The maximum atomic E-state index is 14.1. The number of carbonyl (C=O) groups is 1. The molecule has 0 saturated heterocycles. The van der Waals surface area contributed by atoms with Crippen LogP contribution in [-0.2, 0) is 0 Å². The lowest BCUT2D eigenvalue weighted by Crippen LogP contribution is -2.12. The summed E-state index contributed by atoms with van der Waals surface area (Å²) in [6.45, 7) is 0. The third-order valence-corrected chi connectivity index (χ3v) is 3.75. The van der Waals surface area contributed by atoms with E-state index < -0.39 is 5.82 Å². The molecule has 0 aliphatic carbocycles. The number of hydrogen-bond donors (Lipinski definition) is 1. The number of hydrogen-bond acceptors (Lipinski definition) is 2. The maximum absolute atomic E-state index is 14.1. The second kappa shape index (κ2) is 6.27. The van der Waals surface area contributed by atoms with Crippen molar-refractivity contribution in [2.45, 2.75) is 0 Å². The van der Waals surface area contributed by atoms with Gasteiger partial charge in [0.2, 0.25) is 0 Å². The minimum Gasteiger partial charge on any atom is -0.322 e. The monoisotopic (exact) mass is 407 g/mol. The van der Waals surface area contributed by atoms with E-state index >= 15 is 0 Å². The van der Waals surface area contributed by atoms with Gasteiger partial charge in [-0.15, -0.1) is 0 Å². The van der Waals surface area contributed by atoms with E-state index in [-0.39, 0.29) is 5.91 Å². The number of benzene rings is 2. The average Bonchev–Trinajstić information content (AvgIpc) is 3.01. The van der Waals surface area contributed by atoms with Gasteiger partial charge in [0.1, 0.15) is 5.82 Å². The van der Waals surface area contributed by atoms with Gasteiger partial charge >= 0.3 is 0 Å². The van der Waals surface area contributed by atoms with Gasteiger partial charge in [-0.2, -0.15) is 0 Å². The number of anilines is 1. The highest BCUT2D eigenvalue weighted by Crippen LogP contribution is 2.19. The molecule has 0 aliphatic rings. The largest absolute Gasteiger partial charge is 0.322 e. The molecule has 2 aromatic carbocycles. The lowest BCUT2D eigenvalue weighted by atomic mass is 10.2. The molecular weight excluding hydrogens is 396 g/mol. The van der Waals surface area contributed by atoms with Crippen LogP contribution in [0.4, 0.5) is 10.1 Å². The number of aromatic nitrogens is 2. The van der Waals surface area contributed by atoms with E-state index in [0.717, 1.165) is 3.57 Å². The summed E-state index contributed by atoms with van der Waals surface area (Å²) in [6.07, 6.45) is 4.75. The first kappa shape index (κ1) is 14.7. The fourth-order valence-corrected chi connectivity index (χ4v) is 2.57. The first-order chi connectivity index (χ1) is 10.6. The second-order valence-corrected chi connectivity index (χ2v) is 5.85. The predicted molar refractivity (Wildman–Crippen MR) is 90.6 cm³/mol. The zero-order valence-corrected chi connectivity index (χ0v) is 13.5. The van der Waals surface area contributed by atoms with Gasteiger partial charge in [0.05, 0.1) is 12.0 Å². The molecule has 3 aromatic rings. The van der Waals surface area contributed by atoms with Crippen molar-refractivity contribution >= 4 is 34.2 Å². The summed E-state index contributed by atoms with van der Waals surface area (Å²) >= 11 is 2.14. The van der Waals surface area contributed by atoms with Crippen LogP contribution in [0.5, 0.6) is 0 Å². The van der Waals surface area contributed by atoms with Crippen molar-refractivity contribution in [1.29, 1.82) is 0 Å². The Kier molecular flexibility index (Phi) is 4.19. The quantitative estimate of drug-likeness (QED) is 0.671. The second-order valence-electron chi connectivity index (χ2n) is 4.60. The number of halogens is 2. The standard InChI is InChI=1S/C16H11FIN3O/c17-14-9-13(4-5-15(14)21-7-6-19-10-21)20-16(22)11-2-1-3-12(18)8-11/h1-10H,(H,20,22). The van der Waals surface area contributed by atoms with Gasteiger partial charge in [-0.25, -0.2) is 9.37 Å². The van der Waals surface area contributed by atoms with Crippen LogP contribution in [0.2, 0.25) is 0 Å². The molecular formula is C16H11FIN3O. The van der Waals surface area contributed by atoms with E-state index in [1.54, 1.807) is 47.3 Å². The van der Waals surface area contributed by atoms with E-state index in [1.165, 1.54) is 12.4 Å². The van der Waals surface area contributed by atoms with Gasteiger partial charge < -0.3 is 9.88 Å². The zero-order valence-electron chi connectivity index (χ0n) is 11.3. The fourth-order valence-electron chi connectivity index (χ4n) is 2.03. The molecule has 3 rings (SSSR count). The lowest BCUT2D eigenvalue weighted by molar-refractivity contribution is 0.102. The van der Waals surface area contributed by atoms with Gasteiger partial charge in [0.25, 0.3) is 5.91 Å². The summed E-state index contributed by atoms with van der Waals surface area (Å²) in [7, 11) is 0. The fraction of sp³-hybridized carbons (Fsp3) is 0. The molecule has 0 aliphatic heterocycles. The molecule has 0 bridgehead atoms. The van der Waals surface area contributed by atoms with Crippen LogP contribution in [0.1, 0.15) is 10.4 Å². The molecule has 0 fully saturated rings. The molecule has 110 valence electrons. The van der Waals surface area contributed by atoms with Crippen molar-refractivity contribution in [1.82, 2.24) is 9.55 Å². The molecule has 1 heterocycles. The highest BCUT2D eigenvalue weighted by molar-refractivity contribution is 14.1. The number of rotatable bonds is 3. The van der Waals surface area contributed by atoms with Crippen molar-refractivity contribution in [2.24, 2.45) is 0 Å². The van der Waals surface area contributed by atoms with Gasteiger partial charge in [-0.05, 0) is 59.0 Å². The van der Waals surface area contributed by atoms with Crippen LogP contribution < -0.4 is 5.32 Å². The molecule has 0 spiro atoms. The molecule has 0 radical (unpaired) electrons. The minimum absolute atomic E-state index is 0.270. The molecule has 0 unspecified atom stereocenters. The summed E-state index contributed by atoms with van der Waals surface area (Å²) in [6, 6.07) is 11.7. The van der Waals surface area contributed by atoms with Crippen LogP contribution in [0.25, 0.3) is 5.69 Å². The third-order valence-electron chi connectivity index (χ3n) is 3.07. The molecule has 0 atom stereocenters. The number of nitrogens with one attached hydrogen (secondary N) is 1. The van der Waals surface area contributed by atoms with E-state index in [4.69, 9.17) is 0 Å². The number of amides is 1. The van der Waals surface area contributed by atoms with Gasteiger partial charge in [-0.1, -0.05) is 6.07 Å². The summed E-state index contributed by atoms with van der Waals surface area (Å²) in [5.74, 6) is -0.702. The van der Waals surface area contributed by atoms with Crippen LogP contribution in [-0.4, -0.2) is 15.5 Å². The van der Waals surface area contributed by atoms with Gasteiger partial charge in [0, 0.05) is 27.2 Å². The molecule has 6 heteroatoms. The van der Waals surface area contributed by atoms with Crippen LogP contribution in [0.15, 0.2) is 61.2 Å². The van der Waals surface area contributed by atoms with Crippen molar-refractivity contribution in [3.63, 3.8) is 0 Å². The normalized spacial score (nSPS) is 10.5. The smallest absolute Gasteiger partial charge is 0.255 e. The molecule has 4 nitrogen and oxygen atoms in total. The number of imidazole rings is 1. The highest BCUT2D eigenvalue weighted by Gasteiger charge is 2.09. The zero-order chi connectivity index (χ0) is 15.5. The van der Waals surface area contributed by atoms with Crippen molar-refractivity contribution in [3.05, 3.63) is 76.1 Å². The maximum Gasteiger partial charge on any atom is 0.255 e. The molecule has 0 saturated carbocycles. The molecule has 1 N–H and O–H groups in total.